The molecule has 0 unspecified atom stereocenters. The van der Waals surface area contributed by atoms with Crippen molar-refractivity contribution in [3.05, 3.63) is 91.4 Å². The van der Waals surface area contributed by atoms with Crippen molar-refractivity contribution >= 4 is 60.7 Å². The van der Waals surface area contributed by atoms with Gasteiger partial charge in [-0.25, -0.2) is 8.42 Å². The van der Waals surface area contributed by atoms with Gasteiger partial charge in [-0.2, -0.15) is 4.31 Å². The fraction of sp³-hybridized carbons (Fsp3) is 0.269. The van der Waals surface area contributed by atoms with Gasteiger partial charge in [-0.15, -0.1) is 0 Å². The van der Waals surface area contributed by atoms with Crippen molar-refractivity contribution in [1.29, 1.82) is 0 Å². The molecule has 0 saturated heterocycles. The van der Waals surface area contributed by atoms with Gasteiger partial charge in [-0.05, 0) is 67.3 Å². The molecule has 5 nitrogen and oxygen atoms in total. The summed E-state index contributed by atoms with van der Waals surface area (Å²) in [4.78, 5) is 13.3. The highest BCUT2D eigenvalue weighted by atomic mass is 79.9. The van der Waals surface area contributed by atoms with Gasteiger partial charge in [0.25, 0.3) is 0 Å². The second-order valence-corrected chi connectivity index (χ2v) is 11.8. The standard InChI is InChI=1S/C26H27BrCl2N2O3S/c1-4-18-13-20(27)14-19(5-2)26(18)30-25(32)16-31(15-22-23(28)7-6-8-24(22)29)35(33,34)21-11-9-17(3)10-12-21/h6-14H,4-5,15-16H2,1-3H3,(H,30,32). The number of carbonyl (C=O) groups excluding carboxylic acids is 1. The van der Waals surface area contributed by atoms with Crippen LogP contribution in [0.15, 0.2) is 64.0 Å². The predicted molar refractivity (Wildman–Crippen MR) is 147 cm³/mol. The molecule has 0 saturated carbocycles. The van der Waals surface area contributed by atoms with E-state index in [0.29, 0.717) is 34.1 Å². The van der Waals surface area contributed by atoms with Crippen LogP contribution in [0, 0.1) is 6.92 Å². The third-order valence-electron chi connectivity index (χ3n) is 5.67. The zero-order valence-corrected chi connectivity index (χ0v) is 23.7. The van der Waals surface area contributed by atoms with Gasteiger partial charge in [0.05, 0.1) is 11.4 Å². The van der Waals surface area contributed by atoms with Crippen LogP contribution in [0.25, 0.3) is 0 Å². The van der Waals surface area contributed by atoms with E-state index in [1.807, 2.05) is 32.9 Å². The van der Waals surface area contributed by atoms with E-state index in [-0.39, 0.29) is 11.4 Å². The molecule has 0 spiro atoms. The van der Waals surface area contributed by atoms with Crippen LogP contribution >= 0.6 is 39.1 Å². The van der Waals surface area contributed by atoms with Crippen LogP contribution in [0.5, 0.6) is 0 Å². The highest BCUT2D eigenvalue weighted by molar-refractivity contribution is 9.10. The number of hydrogen-bond acceptors (Lipinski definition) is 3. The molecule has 0 aromatic heterocycles. The number of anilines is 1. The number of halogens is 3. The van der Waals surface area contributed by atoms with E-state index in [4.69, 9.17) is 23.2 Å². The van der Waals surface area contributed by atoms with Crippen LogP contribution in [0.2, 0.25) is 10.0 Å². The number of hydrogen-bond donors (Lipinski definition) is 1. The Morgan fingerprint density at radius 3 is 2.03 bits per heavy atom. The van der Waals surface area contributed by atoms with E-state index in [2.05, 4.69) is 21.2 Å². The fourth-order valence-electron chi connectivity index (χ4n) is 3.73. The van der Waals surface area contributed by atoms with Gasteiger partial charge in [0.1, 0.15) is 0 Å². The summed E-state index contributed by atoms with van der Waals surface area (Å²) in [7, 11) is -4.03. The first-order valence-electron chi connectivity index (χ1n) is 11.2. The van der Waals surface area contributed by atoms with Crippen molar-refractivity contribution in [2.75, 3.05) is 11.9 Å². The van der Waals surface area contributed by atoms with E-state index in [1.54, 1.807) is 30.3 Å². The monoisotopic (exact) mass is 596 g/mol. The van der Waals surface area contributed by atoms with Crippen molar-refractivity contribution in [2.45, 2.75) is 45.1 Å². The molecule has 0 aliphatic heterocycles. The van der Waals surface area contributed by atoms with Crippen LogP contribution < -0.4 is 5.32 Å². The van der Waals surface area contributed by atoms with E-state index in [0.717, 1.165) is 25.5 Å². The zero-order chi connectivity index (χ0) is 25.8. The summed E-state index contributed by atoms with van der Waals surface area (Å²) >= 11 is 16.2. The maximum atomic E-state index is 13.6. The summed E-state index contributed by atoms with van der Waals surface area (Å²) in [6, 6.07) is 15.4. The van der Waals surface area contributed by atoms with Crippen LogP contribution in [-0.2, 0) is 34.2 Å². The van der Waals surface area contributed by atoms with Gasteiger partial charge in [0.15, 0.2) is 0 Å². The molecule has 1 amide bonds. The molecule has 35 heavy (non-hydrogen) atoms. The van der Waals surface area contributed by atoms with Crippen molar-refractivity contribution in [1.82, 2.24) is 4.31 Å². The first kappa shape index (κ1) is 27.7. The Morgan fingerprint density at radius 2 is 1.51 bits per heavy atom. The average Bonchev–Trinajstić information content (AvgIpc) is 2.81. The lowest BCUT2D eigenvalue weighted by molar-refractivity contribution is -0.116. The van der Waals surface area contributed by atoms with E-state index in [1.165, 1.54) is 12.1 Å². The first-order chi connectivity index (χ1) is 16.6. The van der Waals surface area contributed by atoms with Crippen LogP contribution in [0.4, 0.5) is 5.69 Å². The minimum Gasteiger partial charge on any atom is -0.324 e. The Hall–Kier alpha value is -1.90. The number of benzene rings is 3. The summed E-state index contributed by atoms with van der Waals surface area (Å²) in [6.45, 7) is 5.33. The number of rotatable bonds is 9. The molecule has 3 rings (SSSR count). The summed E-state index contributed by atoms with van der Waals surface area (Å²) in [5.41, 5.74) is 4.01. The number of nitrogens with zero attached hydrogens (tertiary/aromatic N) is 1. The molecule has 1 N–H and O–H groups in total. The average molecular weight is 598 g/mol. The largest absolute Gasteiger partial charge is 0.324 e. The second kappa shape index (κ2) is 11.9. The Kier molecular flexibility index (Phi) is 9.40. The van der Waals surface area contributed by atoms with Crippen molar-refractivity contribution in [3.8, 4) is 0 Å². The predicted octanol–water partition coefficient (Wildman–Crippen LogP) is 7.02. The van der Waals surface area contributed by atoms with E-state index >= 15 is 0 Å². The topological polar surface area (TPSA) is 66.5 Å². The minimum absolute atomic E-state index is 0.0891. The molecule has 0 heterocycles. The summed E-state index contributed by atoms with van der Waals surface area (Å²) in [6.07, 6.45) is 1.42. The summed E-state index contributed by atoms with van der Waals surface area (Å²) in [5.74, 6) is -0.449. The lowest BCUT2D eigenvalue weighted by atomic mass is 10.0. The SMILES string of the molecule is CCc1cc(Br)cc(CC)c1NC(=O)CN(Cc1c(Cl)cccc1Cl)S(=O)(=O)c1ccc(C)cc1. The maximum absolute atomic E-state index is 13.6. The van der Waals surface area contributed by atoms with E-state index < -0.39 is 22.5 Å². The third-order valence-corrected chi connectivity index (χ3v) is 8.64. The van der Waals surface area contributed by atoms with Crippen LogP contribution in [0.3, 0.4) is 0 Å². The van der Waals surface area contributed by atoms with Gasteiger partial charge in [0.2, 0.25) is 15.9 Å². The highest BCUT2D eigenvalue weighted by Gasteiger charge is 2.29. The number of aryl methyl sites for hydroxylation is 3. The molecule has 9 heteroatoms. The Balaban J connectivity index is 1.99. The number of sulfonamides is 1. The maximum Gasteiger partial charge on any atom is 0.243 e. The molecule has 3 aromatic carbocycles. The second-order valence-electron chi connectivity index (χ2n) is 8.14. The molecule has 0 atom stereocenters. The molecule has 0 radical (unpaired) electrons. The number of nitrogens with one attached hydrogen (secondary N) is 1. The van der Waals surface area contributed by atoms with Gasteiger partial charge in [-0.3, -0.25) is 4.79 Å². The van der Waals surface area contributed by atoms with Gasteiger partial charge < -0.3 is 5.32 Å². The Bertz CT molecular complexity index is 1280. The lowest BCUT2D eigenvalue weighted by Crippen LogP contribution is -2.38. The highest BCUT2D eigenvalue weighted by Crippen LogP contribution is 2.30. The molecule has 3 aromatic rings. The number of carbonyl (C=O) groups is 1. The summed E-state index contributed by atoms with van der Waals surface area (Å²) < 4.78 is 29.2. The first-order valence-corrected chi connectivity index (χ1v) is 14.2. The Morgan fingerprint density at radius 1 is 0.971 bits per heavy atom. The van der Waals surface area contributed by atoms with Crippen molar-refractivity contribution in [3.63, 3.8) is 0 Å². The Labute approximate surface area is 225 Å². The normalized spacial score (nSPS) is 11.6. The molecule has 0 aliphatic rings. The smallest absolute Gasteiger partial charge is 0.243 e. The lowest BCUT2D eigenvalue weighted by Gasteiger charge is -2.24. The fourth-order valence-corrected chi connectivity index (χ4v) is 6.16. The van der Waals surface area contributed by atoms with Crippen molar-refractivity contribution in [2.24, 2.45) is 0 Å². The summed E-state index contributed by atoms with van der Waals surface area (Å²) in [5, 5.41) is 3.61. The molecule has 0 fully saturated rings. The van der Waals surface area contributed by atoms with Crippen molar-refractivity contribution < 1.29 is 13.2 Å². The molecular weight excluding hydrogens is 571 g/mol. The third kappa shape index (κ3) is 6.66. The number of amides is 1. The van der Waals surface area contributed by atoms with Gasteiger partial charge >= 0.3 is 0 Å². The molecule has 0 bridgehead atoms. The van der Waals surface area contributed by atoms with Gasteiger partial charge in [-0.1, -0.05) is 76.7 Å². The molecular formula is C26H27BrCl2N2O3S. The van der Waals surface area contributed by atoms with Crippen LogP contribution in [-0.4, -0.2) is 25.2 Å². The van der Waals surface area contributed by atoms with Gasteiger partial charge in [0, 0.05) is 32.3 Å². The zero-order valence-electron chi connectivity index (χ0n) is 19.7. The van der Waals surface area contributed by atoms with Crippen LogP contribution in [0.1, 0.15) is 36.1 Å². The molecule has 0 aliphatic carbocycles. The quantitative estimate of drug-likeness (QED) is 0.288. The minimum atomic E-state index is -4.03. The molecule has 186 valence electrons. The van der Waals surface area contributed by atoms with E-state index in [9.17, 15) is 13.2 Å².